The first-order valence-electron chi connectivity index (χ1n) is 6.47. The van der Waals surface area contributed by atoms with Gasteiger partial charge in [-0.15, -0.1) is 0 Å². The van der Waals surface area contributed by atoms with Gasteiger partial charge >= 0.3 is 5.70 Å². The van der Waals surface area contributed by atoms with Gasteiger partial charge in [-0.1, -0.05) is 50.1 Å². The van der Waals surface area contributed by atoms with E-state index in [2.05, 4.69) is 24.0 Å². The molecule has 0 spiro atoms. The highest BCUT2D eigenvalue weighted by atomic mass is 16.3. The van der Waals surface area contributed by atoms with Crippen LogP contribution in [0.5, 0.6) is 0 Å². The predicted molar refractivity (Wildman–Crippen MR) is 73.7 cm³/mol. The van der Waals surface area contributed by atoms with Gasteiger partial charge in [0.25, 0.3) is 0 Å². The molecule has 1 unspecified atom stereocenters. The normalized spacial score (nSPS) is 13.6. The molecule has 0 aliphatic rings. The van der Waals surface area contributed by atoms with E-state index in [0.717, 1.165) is 19.3 Å². The summed E-state index contributed by atoms with van der Waals surface area (Å²) >= 11 is 0. The number of aliphatic hydroxyl groups is 1. The number of nitrogens with zero attached hydrogens (tertiary/aromatic N) is 2. The van der Waals surface area contributed by atoms with Crippen molar-refractivity contribution < 1.29 is 5.11 Å². The fraction of sp³-hybridized carbons (Fsp3) is 0.467. The van der Waals surface area contributed by atoms with E-state index in [1.165, 1.54) is 5.56 Å². The van der Waals surface area contributed by atoms with E-state index >= 15 is 0 Å². The molecule has 1 aromatic carbocycles. The summed E-state index contributed by atoms with van der Waals surface area (Å²) in [7, 11) is 0. The second-order valence-electron chi connectivity index (χ2n) is 4.59. The van der Waals surface area contributed by atoms with Gasteiger partial charge in [0.1, 0.15) is 0 Å². The highest BCUT2D eigenvalue weighted by Gasteiger charge is 2.18. The standard InChI is InChI=1S/C15H20N2O/c1-3-4-8-14(11-15(18)12(2)17-16)13-9-6-5-7-10-13/h5-7,9-10,14H,3-4,8,11H2,1-2H3/p+1/b15-12+. The third-order valence-electron chi connectivity index (χ3n) is 3.18. The number of allylic oxidation sites excluding steroid dienone is 2. The van der Waals surface area contributed by atoms with Crippen molar-refractivity contribution in [3.63, 3.8) is 0 Å². The van der Waals surface area contributed by atoms with Crippen LogP contribution in [0.1, 0.15) is 51.0 Å². The first-order valence-corrected chi connectivity index (χ1v) is 6.47. The summed E-state index contributed by atoms with van der Waals surface area (Å²) in [6.45, 7) is 3.77. The van der Waals surface area contributed by atoms with Gasteiger partial charge in [0.2, 0.25) is 5.39 Å². The summed E-state index contributed by atoms with van der Waals surface area (Å²) in [5.41, 5.74) is 1.52. The Balaban J connectivity index is 2.84. The maximum Gasteiger partial charge on any atom is 0.395 e. The molecule has 3 heteroatoms. The average molecular weight is 245 g/mol. The molecule has 0 aliphatic heterocycles. The van der Waals surface area contributed by atoms with Gasteiger partial charge < -0.3 is 5.11 Å². The van der Waals surface area contributed by atoms with Crippen LogP contribution in [0.4, 0.5) is 0 Å². The largest absolute Gasteiger partial charge is 0.505 e. The van der Waals surface area contributed by atoms with Crippen molar-refractivity contribution in [2.75, 3.05) is 0 Å². The summed E-state index contributed by atoms with van der Waals surface area (Å²) in [6.07, 6.45) is 3.82. The molecule has 0 aliphatic carbocycles. The van der Waals surface area contributed by atoms with Crippen molar-refractivity contribution in [1.82, 2.24) is 0 Å². The van der Waals surface area contributed by atoms with E-state index in [0.29, 0.717) is 12.1 Å². The summed E-state index contributed by atoms with van der Waals surface area (Å²) in [5, 5.41) is 18.5. The lowest BCUT2D eigenvalue weighted by molar-refractivity contribution is 0.362. The summed E-state index contributed by atoms with van der Waals surface area (Å²) < 4.78 is 0. The van der Waals surface area contributed by atoms with Crippen LogP contribution in [0.3, 0.4) is 0 Å². The van der Waals surface area contributed by atoms with Crippen molar-refractivity contribution >= 4 is 0 Å². The van der Waals surface area contributed by atoms with Crippen molar-refractivity contribution in [2.24, 2.45) is 0 Å². The monoisotopic (exact) mass is 245 g/mol. The van der Waals surface area contributed by atoms with Gasteiger partial charge in [-0.3, -0.25) is 0 Å². The molecule has 0 aromatic heterocycles. The van der Waals surface area contributed by atoms with Crippen LogP contribution in [-0.4, -0.2) is 5.11 Å². The number of benzene rings is 1. The molecule has 0 heterocycles. The predicted octanol–water partition coefficient (Wildman–Crippen LogP) is 4.99. The molecule has 1 N–H and O–H groups in total. The van der Waals surface area contributed by atoms with Gasteiger partial charge in [0, 0.05) is 13.3 Å². The number of aliphatic hydroxyl groups excluding tert-OH is 1. The Morgan fingerprint density at radius 1 is 1.33 bits per heavy atom. The quantitative estimate of drug-likeness (QED) is 0.566. The van der Waals surface area contributed by atoms with E-state index in [-0.39, 0.29) is 11.7 Å². The minimum absolute atomic E-state index is 0.169. The van der Waals surface area contributed by atoms with Crippen molar-refractivity contribution in [1.29, 1.82) is 5.39 Å². The van der Waals surface area contributed by atoms with Crippen LogP contribution in [0.25, 0.3) is 4.98 Å². The molecule has 1 atom stereocenters. The first kappa shape index (κ1) is 14.2. The zero-order chi connectivity index (χ0) is 13.4. The van der Waals surface area contributed by atoms with Crippen LogP contribution in [0.15, 0.2) is 41.8 Å². The summed E-state index contributed by atoms with van der Waals surface area (Å²) in [5.74, 6) is 0.449. The maximum atomic E-state index is 9.87. The van der Waals surface area contributed by atoms with Crippen LogP contribution < -0.4 is 0 Å². The van der Waals surface area contributed by atoms with Gasteiger partial charge in [-0.25, -0.2) is 0 Å². The lowest BCUT2D eigenvalue weighted by Crippen LogP contribution is -2.01. The first-order chi connectivity index (χ1) is 8.69. The molecular weight excluding hydrogens is 224 g/mol. The van der Waals surface area contributed by atoms with Crippen LogP contribution in [0.2, 0.25) is 0 Å². The Morgan fingerprint density at radius 3 is 2.56 bits per heavy atom. The van der Waals surface area contributed by atoms with Crippen molar-refractivity contribution in [3.05, 3.63) is 52.3 Å². The van der Waals surface area contributed by atoms with E-state index in [4.69, 9.17) is 5.39 Å². The third kappa shape index (κ3) is 4.21. The minimum atomic E-state index is 0.169. The van der Waals surface area contributed by atoms with Crippen LogP contribution >= 0.6 is 0 Å². The summed E-state index contributed by atoms with van der Waals surface area (Å²) in [4.78, 5) is 3.05. The average Bonchev–Trinajstić information content (AvgIpc) is 2.43. The molecule has 18 heavy (non-hydrogen) atoms. The van der Waals surface area contributed by atoms with Gasteiger partial charge in [-0.2, -0.15) is 0 Å². The Labute approximate surface area is 109 Å². The Bertz CT molecular complexity index is 432. The van der Waals surface area contributed by atoms with E-state index in [9.17, 15) is 5.11 Å². The fourth-order valence-electron chi connectivity index (χ4n) is 2.00. The van der Waals surface area contributed by atoms with Crippen molar-refractivity contribution in [3.8, 4) is 0 Å². The lowest BCUT2D eigenvalue weighted by Gasteiger charge is -2.15. The van der Waals surface area contributed by atoms with Crippen molar-refractivity contribution in [2.45, 2.75) is 45.4 Å². The topological polar surface area (TPSA) is 48.4 Å². The van der Waals surface area contributed by atoms with E-state index in [1.54, 1.807) is 6.92 Å². The molecule has 0 bridgehead atoms. The molecule has 96 valence electrons. The SMILES string of the molecule is CCCCC(C/C(O)=C(/C)[N+]#N)c1ccccc1. The van der Waals surface area contributed by atoms with E-state index < -0.39 is 0 Å². The van der Waals surface area contributed by atoms with E-state index in [1.807, 2.05) is 18.2 Å². The molecule has 3 nitrogen and oxygen atoms in total. The molecule has 0 radical (unpaired) electrons. The zero-order valence-corrected chi connectivity index (χ0v) is 11.1. The maximum absolute atomic E-state index is 9.87. The number of diazo groups is 1. The number of hydrogen-bond donors (Lipinski definition) is 1. The molecule has 1 aromatic rings. The second kappa shape index (κ2) is 7.50. The third-order valence-corrected chi connectivity index (χ3v) is 3.18. The molecular formula is C15H21N2O+. The Kier molecular flexibility index (Phi) is 5.93. The zero-order valence-electron chi connectivity index (χ0n) is 11.1. The fourth-order valence-corrected chi connectivity index (χ4v) is 2.00. The Morgan fingerprint density at radius 2 is 2.00 bits per heavy atom. The number of rotatable bonds is 6. The van der Waals surface area contributed by atoms with Crippen LogP contribution in [0, 0.1) is 5.39 Å². The Hall–Kier alpha value is -1.82. The number of hydrogen-bond acceptors (Lipinski definition) is 2. The van der Waals surface area contributed by atoms with Gasteiger partial charge in [0.15, 0.2) is 10.7 Å². The number of unbranched alkanes of at least 4 members (excludes halogenated alkanes) is 1. The molecule has 0 fully saturated rings. The molecule has 0 saturated carbocycles. The second-order valence-corrected chi connectivity index (χ2v) is 4.59. The molecule has 1 rings (SSSR count). The van der Waals surface area contributed by atoms with Crippen LogP contribution in [-0.2, 0) is 0 Å². The lowest BCUT2D eigenvalue weighted by atomic mass is 9.90. The van der Waals surface area contributed by atoms with Gasteiger partial charge in [0.05, 0.1) is 0 Å². The highest BCUT2D eigenvalue weighted by Crippen LogP contribution is 2.29. The molecule has 0 saturated heterocycles. The minimum Gasteiger partial charge on any atom is -0.505 e. The van der Waals surface area contributed by atoms with Gasteiger partial charge in [-0.05, 0) is 17.9 Å². The smallest absolute Gasteiger partial charge is 0.395 e. The summed E-state index contributed by atoms with van der Waals surface area (Å²) in [6, 6.07) is 10.2. The highest BCUT2D eigenvalue weighted by molar-refractivity contribution is 5.22. The molecule has 0 amide bonds.